The van der Waals surface area contributed by atoms with Crippen LogP contribution in [-0.2, 0) is 10.0 Å². The van der Waals surface area contributed by atoms with Crippen LogP contribution in [0.1, 0.15) is 26.2 Å². The number of anilines is 1. The fourth-order valence-electron chi connectivity index (χ4n) is 1.95. The van der Waals surface area contributed by atoms with Crippen LogP contribution in [0, 0.1) is 5.92 Å². The summed E-state index contributed by atoms with van der Waals surface area (Å²) in [6.07, 6.45) is 4.77. The van der Waals surface area contributed by atoms with Crippen molar-refractivity contribution in [1.29, 1.82) is 0 Å². The van der Waals surface area contributed by atoms with E-state index in [4.69, 9.17) is 5.84 Å². The molecule has 100 valence electrons. The van der Waals surface area contributed by atoms with Crippen molar-refractivity contribution < 1.29 is 8.42 Å². The van der Waals surface area contributed by atoms with Gasteiger partial charge < -0.3 is 5.43 Å². The third-order valence-electron chi connectivity index (χ3n) is 2.94. The minimum Gasteiger partial charge on any atom is -0.307 e. The van der Waals surface area contributed by atoms with E-state index in [1.807, 2.05) is 6.92 Å². The van der Waals surface area contributed by atoms with Crippen molar-refractivity contribution in [3.05, 3.63) is 18.3 Å². The summed E-state index contributed by atoms with van der Waals surface area (Å²) < 4.78 is 27.0. The lowest BCUT2D eigenvalue weighted by molar-refractivity contribution is 0.530. The second kappa shape index (κ2) is 5.21. The molecule has 1 saturated carbocycles. The van der Waals surface area contributed by atoms with Crippen molar-refractivity contribution in [2.45, 2.75) is 37.1 Å². The maximum absolute atomic E-state index is 12.2. The second-order valence-electron chi connectivity index (χ2n) is 4.70. The molecule has 1 aliphatic rings. The summed E-state index contributed by atoms with van der Waals surface area (Å²) >= 11 is 0. The molecule has 1 fully saturated rings. The molecule has 1 unspecified atom stereocenters. The number of aromatic nitrogens is 1. The van der Waals surface area contributed by atoms with Gasteiger partial charge in [-0.1, -0.05) is 12.8 Å². The Kier molecular flexibility index (Phi) is 3.84. The smallest absolute Gasteiger partial charge is 0.244 e. The van der Waals surface area contributed by atoms with Gasteiger partial charge in [0.2, 0.25) is 10.0 Å². The SMILES string of the molecule is CC(CC1CC1)NS(=O)(=O)c1cccnc1NN. The first-order chi connectivity index (χ1) is 8.53. The van der Waals surface area contributed by atoms with Gasteiger partial charge in [0.05, 0.1) is 0 Å². The zero-order chi connectivity index (χ0) is 13.2. The molecule has 0 radical (unpaired) electrons. The molecule has 2 rings (SSSR count). The summed E-state index contributed by atoms with van der Waals surface area (Å²) in [6.45, 7) is 1.88. The third-order valence-corrected chi connectivity index (χ3v) is 4.56. The van der Waals surface area contributed by atoms with Crippen LogP contribution in [0.25, 0.3) is 0 Å². The highest BCUT2D eigenvalue weighted by molar-refractivity contribution is 7.89. The number of hydrogen-bond donors (Lipinski definition) is 3. The molecule has 18 heavy (non-hydrogen) atoms. The zero-order valence-electron chi connectivity index (χ0n) is 10.3. The number of pyridine rings is 1. The van der Waals surface area contributed by atoms with Gasteiger partial charge in [-0.05, 0) is 31.4 Å². The van der Waals surface area contributed by atoms with Gasteiger partial charge in [0.15, 0.2) is 5.82 Å². The molecule has 6 nitrogen and oxygen atoms in total. The van der Waals surface area contributed by atoms with Gasteiger partial charge in [-0.25, -0.2) is 24.0 Å². The van der Waals surface area contributed by atoms with E-state index in [-0.39, 0.29) is 16.8 Å². The van der Waals surface area contributed by atoms with Crippen LogP contribution in [0.2, 0.25) is 0 Å². The summed E-state index contributed by atoms with van der Waals surface area (Å²) in [6, 6.07) is 2.98. The first-order valence-corrected chi connectivity index (χ1v) is 7.45. The number of nitrogens with zero attached hydrogens (tertiary/aromatic N) is 1. The number of nitrogens with two attached hydrogens (primary N) is 1. The van der Waals surface area contributed by atoms with Gasteiger partial charge in [0, 0.05) is 12.2 Å². The monoisotopic (exact) mass is 270 g/mol. The standard InChI is InChI=1S/C11H18N4O2S/c1-8(7-9-4-5-9)15-18(16,17)10-3-2-6-13-11(10)14-12/h2-3,6,8-9,15H,4-5,7,12H2,1H3,(H,13,14). The topological polar surface area (TPSA) is 97.1 Å². The summed E-state index contributed by atoms with van der Waals surface area (Å²) in [5.74, 6) is 6.09. The summed E-state index contributed by atoms with van der Waals surface area (Å²) in [4.78, 5) is 3.97. The highest BCUT2D eigenvalue weighted by Crippen LogP contribution is 2.33. The Morgan fingerprint density at radius 1 is 1.56 bits per heavy atom. The number of nitrogen functional groups attached to an aromatic ring is 1. The van der Waals surface area contributed by atoms with Crippen molar-refractivity contribution in [3.8, 4) is 0 Å². The summed E-state index contributed by atoms with van der Waals surface area (Å²) in [5, 5.41) is 0. The van der Waals surface area contributed by atoms with Crippen molar-refractivity contribution in [3.63, 3.8) is 0 Å². The predicted molar refractivity (Wildman–Crippen MR) is 69.2 cm³/mol. The Bertz CT molecular complexity index is 514. The first-order valence-electron chi connectivity index (χ1n) is 5.97. The molecule has 1 aromatic rings. The zero-order valence-corrected chi connectivity index (χ0v) is 11.1. The molecule has 7 heteroatoms. The van der Waals surface area contributed by atoms with Gasteiger partial charge in [-0.15, -0.1) is 0 Å². The number of sulfonamides is 1. The van der Waals surface area contributed by atoms with Crippen LogP contribution in [0.5, 0.6) is 0 Å². The van der Waals surface area contributed by atoms with Crippen LogP contribution in [-0.4, -0.2) is 19.4 Å². The molecular formula is C11H18N4O2S. The van der Waals surface area contributed by atoms with Crippen molar-refractivity contribution in [2.24, 2.45) is 11.8 Å². The Labute approximate surface area is 107 Å². The van der Waals surface area contributed by atoms with Crippen molar-refractivity contribution in [2.75, 3.05) is 5.43 Å². The molecule has 0 bridgehead atoms. The molecule has 0 amide bonds. The Balaban J connectivity index is 2.13. The van der Waals surface area contributed by atoms with Gasteiger partial charge in [0.25, 0.3) is 0 Å². The van der Waals surface area contributed by atoms with E-state index in [1.165, 1.54) is 25.1 Å². The average Bonchev–Trinajstić information content (AvgIpc) is 3.12. The van der Waals surface area contributed by atoms with E-state index >= 15 is 0 Å². The van der Waals surface area contributed by atoms with Crippen molar-refractivity contribution in [1.82, 2.24) is 9.71 Å². The largest absolute Gasteiger partial charge is 0.307 e. The molecule has 0 aliphatic heterocycles. The van der Waals surface area contributed by atoms with E-state index < -0.39 is 10.0 Å². The van der Waals surface area contributed by atoms with Crippen LogP contribution in [0.15, 0.2) is 23.2 Å². The maximum Gasteiger partial charge on any atom is 0.244 e. The van der Waals surface area contributed by atoms with E-state index in [9.17, 15) is 8.42 Å². The van der Waals surface area contributed by atoms with Gasteiger partial charge in [0.1, 0.15) is 4.90 Å². The Morgan fingerprint density at radius 3 is 2.89 bits per heavy atom. The Hall–Kier alpha value is -1.18. The molecule has 1 atom stereocenters. The molecule has 1 heterocycles. The van der Waals surface area contributed by atoms with Crippen LogP contribution in [0.3, 0.4) is 0 Å². The molecule has 0 aromatic carbocycles. The van der Waals surface area contributed by atoms with Crippen LogP contribution >= 0.6 is 0 Å². The lowest BCUT2D eigenvalue weighted by Gasteiger charge is -2.15. The molecule has 1 aromatic heterocycles. The summed E-state index contributed by atoms with van der Waals surface area (Å²) in [5.41, 5.74) is 2.30. The minimum absolute atomic E-state index is 0.0756. The van der Waals surface area contributed by atoms with Gasteiger partial charge in [-0.2, -0.15) is 0 Å². The fraction of sp³-hybridized carbons (Fsp3) is 0.545. The highest BCUT2D eigenvalue weighted by atomic mass is 32.2. The molecular weight excluding hydrogens is 252 g/mol. The number of hydrazine groups is 1. The van der Waals surface area contributed by atoms with Gasteiger partial charge >= 0.3 is 0 Å². The minimum atomic E-state index is -3.58. The second-order valence-corrected chi connectivity index (χ2v) is 6.38. The van der Waals surface area contributed by atoms with E-state index in [0.29, 0.717) is 5.92 Å². The van der Waals surface area contributed by atoms with E-state index in [2.05, 4.69) is 15.1 Å². The predicted octanol–water partition coefficient (Wildman–Crippen LogP) is 0.834. The maximum atomic E-state index is 12.2. The van der Waals surface area contributed by atoms with Crippen LogP contribution in [0.4, 0.5) is 5.82 Å². The number of hydrogen-bond acceptors (Lipinski definition) is 5. The molecule has 4 N–H and O–H groups in total. The fourth-order valence-corrected chi connectivity index (χ4v) is 3.32. The average molecular weight is 270 g/mol. The Morgan fingerprint density at radius 2 is 2.28 bits per heavy atom. The van der Waals surface area contributed by atoms with Crippen molar-refractivity contribution >= 4 is 15.8 Å². The van der Waals surface area contributed by atoms with Crippen LogP contribution < -0.4 is 16.0 Å². The lowest BCUT2D eigenvalue weighted by atomic mass is 10.2. The first kappa shape index (κ1) is 13.3. The van der Waals surface area contributed by atoms with E-state index in [0.717, 1.165) is 6.42 Å². The lowest BCUT2D eigenvalue weighted by Crippen LogP contribution is -2.33. The normalized spacial score (nSPS) is 17.4. The highest BCUT2D eigenvalue weighted by Gasteiger charge is 2.27. The number of nitrogens with one attached hydrogen (secondary N) is 2. The van der Waals surface area contributed by atoms with E-state index in [1.54, 1.807) is 6.07 Å². The third kappa shape index (κ3) is 3.18. The molecule has 0 spiro atoms. The molecule has 1 aliphatic carbocycles. The quantitative estimate of drug-likeness (QED) is 0.525. The summed E-state index contributed by atoms with van der Waals surface area (Å²) in [7, 11) is -3.58. The number of rotatable bonds is 6. The molecule has 0 saturated heterocycles. The van der Waals surface area contributed by atoms with Gasteiger partial charge in [-0.3, -0.25) is 0 Å².